The third kappa shape index (κ3) is 4.44. The minimum absolute atomic E-state index is 0.330. The van der Waals surface area contributed by atoms with Crippen LogP contribution in [0.25, 0.3) is 0 Å². The normalized spacial score (nSPS) is 10.2. The molecule has 6 nitrogen and oxygen atoms in total. The molecule has 1 aromatic heterocycles. The summed E-state index contributed by atoms with van der Waals surface area (Å²) in [6.07, 6.45) is 3.63. The van der Waals surface area contributed by atoms with E-state index in [4.69, 9.17) is 15.2 Å². The molecule has 1 heterocycles. The van der Waals surface area contributed by atoms with E-state index in [9.17, 15) is 0 Å². The van der Waals surface area contributed by atoms with Crippen LogP contribution < -0.4 is 15.8 Å². The van der Waals surface area contributed by atoms with Crippen LogP contribution in [-0.2, 0) is 4.74 Å². The summed E-state index contributed by atoms with van der Waals surface area (Å²) >= 11 is 0. The number of ether oxygens (including phenoxy) is 2. The van der Waals surface area contributed by atoms with E-state index in [1.165, 1.54) is 13.4 Å². The molecule has 0 unspecified atom stereocenters. The standard InChI is InChI=1S/C11H20N4O2/c1-3-4-6-17-7-5-13-11-9(16-2)10(12)14-8-15-11/h8H,3-7H2,1-2H3,(H3,12,13,14,15). The fourth-order valence-electron chi connectivity index (χ4n) is 1.30. The largest absolute Gasteiger partial charge is 0.490 e. The predicted octanol–water partition coefficient (Wildman–Crippen LogP) is 1.30. The minimum Gasteiger partial charge on any atom is -0.490 e. The maximum Gasteiger partial charge on any atom is 0.203 e. The van der Waals surface area contributed by atoms with Gasteiger partial charge in [0, 0.05) is 13.2 Å². The Bertz CT molecular complexity index is 333. The maximum absolute atomic E-state index is 5.65. The van der Waals surface area contributed by atoms with Gasteiger partial charge in [0.1, 0.15) is 6.33 Å². The Morgan fingerprint density at radius 1 is 1.35 bits per heavy atom. The quantitative estimate of drug-likeness (QED) is 0.666. The van der Waals surface area contributed by atoms with Gasteiger partial charge in [0.25, 0.3) is 0 Å². The van der Waals surface area contributed by atoms with E-state index in [0.29, 0.717) is 30.5 Å². The smallest absolute Gasteiger partial charge is 0.203 e. The molecule has 0 radical (unpaired) electrons. The lowest BCUT2D eigenvalue weighted by Gasteiger charge is -2.10. The van der Waals surface area contributed by atoms with Crippen LogP contribution in [0.5, 0.6) is 5.75 Å². The van der Waals surface area contributed by atoms with Gasteiger partial charge in [-0.25, -0.2) is 9.97 Å². The Morgan fingerprint density at radius 2 is 2.18 bits per heavy atom. The fourth-order valence-corrected chi connectivity index (χ4v) is 1.30. The summed E-state index contributed by atoms with van der Waals surface area (Å²) in [5.41, 5.74) is 5.65. The van der Waals surface area contributed by atoms with Crippen LogP contribution in [0, 0.1) is 0 Å². The highest BCUT2D eigenvalue weighted by Gasteiger charge is 2.08. The zero-order valence-corrected chi connectivity index (χ0v) is 10.4. The second-order valence-corrected chi connectivity index (χ2v) is 3.53. The second-order valence-electron chi connectivity index (χ2n) is 3.53. The Balaban J connectivity index is 2.33. The summed E-state index contributed by atoms with van der Waals surface area (Å²) in [5.74, 6) is 1.40. The highest BCUT2D eigenvalue weighted by molar-refractivity contribution is 5.61. The first-order chi connectivity index (χ1) is 8.29. The van der Waals surface area contributed by atoms with E-state index in [2.05, 4.69) is 22.2 Å². The first kappa shape index (κ1) is 13.5. The second kappa shape index (κ2) is 7.67. The van der Waals surface area contributed by atoms with E-state index in [-0.39, 0.29) is 0 Å². The zero-order valence-electron chi connectivity index (χ0n) is 10.4. The van der Waals surface area contributed by atoms with Crippen molar-refractivity contribution in [2.45, 2.75) is 19.8 Å². The molecule has 0 spiro atoms. The van der Waals surface area contributed by atoms with Crippen LogP contribution in [0.4, 0.5) is 11.6 Å². The Kier molecular flexibility index (Phi) is 6.09. The molecule has 96 valence electrons. The highest BCUT2D eigenvalue weighted by atomic mass is 16.5. The topological polar surface area (TPSA) is 82.3 Å². The van der Waals surface area contributed by atoms with Gasteiger partial charge in [-0.2, -0.15) is 0 Å². The molecule has 0 aliphatic rings. The summed E-state index contributed by atoms with van der Waals surface area (Å²) in [7, 11) is 1.54. The van der Waals surface area contributed by atoms with Crippen molar-refractivity contribution in [1.82, 2.24) is 9.97 Å². The maximum atomic E-state index is 5.65. The van der Waals surface area contributed by atoms with E-state index >= 15 is 0 Å². The van der Waals surface area contributed by atoms with Crippen molar-refractivity contribution in [2.75, 3.05) is 37.9 Å². The number of methoxy groups -OCH3 is 1. The number of rotatable bonds is 8. The monoisotopic (exact) mass is 240 g/mol. The van der Waals surface area contributed by atoms with Crippen LogP contribution in [0.15, 0.2) is 6.33 Å². The van der Waals surface area contributed by atoms with Crippen molar-refractivity contribution >= 4 is 11.6 Å². The van der Waals surface area contributed by atoms with Crippen molar-refractivity contribution in [1.29, 1.82) is 0 Å². The summed E-state index contributed by atoms with van der Waals surface area (Å²) in [6.45, 7) is 4.22. The molecule has 0 bridgehead atoms. The molecule has 1 aromatic rings. The van der Waals surface area contributed by atoms with E-state index in [1.54, 1.807) is 0 Å². The van der Waals surface area contributed by atoms with Gasteiger partial charge in [-0.3, -0.25) is 0 Å². The molecule has 0 saturated heterocycles. The molecule has 3 N–H and O–H groups in total. The minimum atomic E-state index is 0.330. The highest BCUT2D eigenvalue weighted by Crippen LogP contribution is 2.25. The lowest BCUT2D eigenvalue weighted by Crippen LogP contribution is -2.12. The molecule has 0 atom stereocenters. The molecule has 0 aromatic carbocycles. The van der Waals surface area contributed by atoms with E-state index in [1.807, 2.05) is 0 Å². The lowest BCUT2D eigenvalue weighted by molar-refractivity contribution is 0.141. The summed E-state index contributed by atoms with van der Waals surface area (Å²) in [5, 5.41) is 3.10. The molecule has 1 rings (SSSR count). The van der Waals surface area contributed by atoms with Gasteiger partial charge in [-0.1, -0.05) is 13.3 Å². The average molecular weight is 240 g/mol. The number of nitrogens with one attached hydrogen (secondary N) is 1. The molecule has 0 fully saturated rings. The van der Waals surface area contributed by atoms with Crippen molar-refractivity contribution < 1.29 is 9.47 Å². The number of anilines is 2. The van der Waals surface area contributed by atoms with E-state index in [0.717, 1.165) is 19.4 Å². The van der Waals surface area contributed by atoms with Crippen LogP contribution in [0.3, 0.4) is 0 Å². The van der Waals surface area contributed by atoms with Gasteiger partial charge in [0.05, 0.1) is 13.7 Å². The summed E-state index contributed by atoms with van der Waals surface area (Å²) < 4.78 is 10.5. The lowest BCUT2D eigenvalue weighted by atomic mass is 10.4. The molecule has 0 aliphatic carbocycles. The number of nitrogen functional groups attached to an aromatic ring is 1. The van der Waals surface area contributed by atoms with Crippen LogP contribution in [0.2, 0.25) is 0 Å². The van der Waals surface area contributed by atoms with Crippen molar-refractivity contribution in [3.8, 4) is 5.75 Å². The molecule has 0 aliphatic heterocycles. The molecular formula is C11H20N4O2. The van der Waals surface area contributed by atoms with Crippen LogP contribution in [0.1, 0.15) is 19.8 Å². The van der Waals surface area contributed by atoms with Gasteiger partial charge in [0.15, 0.2) is 11.6 Å². The van der Waals surface area contributed by atoms with Gasteiger partial charge >= 0.3 is 0 Å². The molecule has 17 heavy (non-hydrogen) atoms. The average Bonchev–Trinajstić information content (AvgIpc) is 2.34. The van der Waals surface area contributed by atoms with Gasteiger partial charge in [-0.15, -0.1) is 0 Å². The number of nitrogens with zero attached hydrogens (tertiary/aromatic N) is 2. The third-order valence-corrected chi connectivity index (χ3v) is 2.22. The summed E-state index contributed by atoms with van der Waals surface area (Å²) in [4.78, 5) is 7.91. The Hall–Kier alpha value is -1.56. The number of unbranched alkanes of at least 4 members (excludes halogenated alkanes) is 1. The third-order valence-electron chi connectivity index (χ3n) is 2.22. The number of hydrogen-bond acceptors (Lipinski definition) is 6. The number of aromatic nitrogens is 2. The van der Waals surface area contributed by atoms with Crippen molar-refractivity contribution in [3.63, 3.8) is 0 Å². The molecule has 0 amide bonds. The number of nitrogens with two attached hydrogens (primary N) is 1. The van der Waals surface area contributed by atoms with Crippen molar-refractivity contribution in [3.05, 3.63) is 6.33 Å². The molecule has 0 saturated carbocycles. The van der Waals surface area contributed by atoms with Gasteiger partial charge in [-0.05, 0) is 6.42 Å². The zero-order chi connectivity index (χ0) is 12.5. The Morgan fingerprint density at radius 3 is 2.88 bits per heavy atom. The van der Waals surface area contributed by atoms with Gasteiger partial charge < -0.3 is 20.5 Å². The number of hydrogen-bond donors (Lipinski definition) is 2. The SMILES string of the molecule is CCCCOCCNc1ncnc(N)c1OC. The van der Waals surface area contributed by atoms with Crippen molar-refractivity contribution in [2.24, 2.45) is 0 Å². The van der Waals surface area contributed by atoms with Crippen LogP contribution >= 0.6 is 0 Å². The molecule has 6 heteroatoms. The Labute approximate surface area is 102 Å². The van der Waals surface area contributed by atoms with Crippen LogP contribution in [-0.4, -0.2) is 36.8 Å². The first-order valence-corrected chi connectivity index (χ1v) is 5.75. The predicted molar refractivity (Wildman–Crippen MR) is 67.2 cm³/mol. The molecular weight excluding hydrogens is 220 g/mol. The van der Waals surface area contributed by atoms with E-state index < -0.39 is 0 Å². The fraction of sp³-hybridized carbons (Fsp3) is 0.636. The first-order valence-electron chi connectivity index (χ1n) is 5.75. The summed E-state index contributed by atoms with van der Waals surface area (Å²) in [6, 6.07) is 0. The van der Waals surface area contributed by atoms with Gasteiger partial charge in [0.2, 0.25) is 5.75 Å².